The number of Topliss-reactive ketones (excluding diaryl/α,β-unsaturated/α-hetero) is 1. The maximum absolute atomic E-state index is 14.1. The van der Waals surface area contributed by atoms with Crippen molar-refractivity contribution in [1.29, 1.82) is 0 Å². The Morgan fingerprint density at radius 2 is 1.62 bits per heavy atom. The van der Waals surface area contributed by atoms with E-state index in [2.05, 4.69) is 102 Å². The van der Waals surface area contributed by atoms with E-state index in [1.165, 1.54) is 27.2 Å². The van der Waals surface area contributed by atoms with Crippen molar-refractivity contribution in [2.75, 3.05) is 31.1 Å². The summed E-state index contributed by atoms with van der Waals surface area (Å²) in [5.74, 6) is -0.0560. The van der Waals surface area contributed by atoms with Crippen molar-refractivity contribution in [2.45, 2.75) is 187 Å². The predicted octanol–water partition coefficient (Wildman–Crippen LogP) is 9.01. The number of rotatable bonds is 21. The second-order valence-corrected chi connectivity index (χ2v) is 24.7. The van der Waals surface area contributed by atoms with Gasteiger partial charge in [0.2, 0.25) is 17.7 Å². The number of carbonyl (C=O) groups is 4. The number of aryl methyl sites for hydroxylation is 3. The molecular weight excluding hydrogens is 1020 g/mol. The average Bonchev–Trinajstić information content (AvgIpc) is 4.38. The van der Waals surface area contributed by atoms with Gasteiger partial charge in [-0.2, -0.15) is 9.97 Å². The van der Waals surface area contributed by atoms with E-state index >= 15 is 0 Å². The number of aromatic nitrogens is 3. The Morgan fingerprint density at radius 1 is 0.877 bits per heavy atom. The molecule has 16 nitrogen and oxygen atoms in total. The highest BCUT2D eigenvalue weighted by Gasteiger charge is 2.45. The summed E-state index contributed by atoms with van der Waals surface area (Å²) in [5, 5.41) is 39.0. The molecule has 3 aromatic carbocycles. The number of ether oxygens (including phenoxy) is 1. The smallest absolute Gasteiger partial charge is 0.319 e. The molecule has 10 rings (SSSR count). The van der Waals surface area contributed by atoms with Crippen LogP contribution in [-0.4, -0.2) is 122 Å². The van der Waals surface area contributed by atoms with Crippen LogP contribution >= 0.6 is 0 Å². The van der Waals surface area contributed by atoms with Gasteiger partial charge in [-0.15, -0.1) is 0 Å². The van der Waals surface area contributed by atoms with Crippen molar-refractivity contribution in [3.05, 3.63) is 100 Å². The van der Waals surface area contributed by atoms with E-state index in [9.17, 15) is 29.4 Å². The standard InChI is InChI=1S/C65H83N9O7/c1-8-48-40(4)19-22-43-29-38(2)30-50(56(43)48)57-59(78)58-51(33-66-57)61(73-34-44-25-26-45(35-73)68-44)72-64(71-58)81-37-46-27-28-52(69-46)54(76)17-12-10-9-11-13-18-55(77)70-60(65(5,6)7)63(80)74-36-47(75)31-53(74)62(79)67-32-41-20-23-42(24-21-41)49-16-14-15-39(49)3/h14-15,19-24,29-30,33,44-47,52-53,60,68-69,75,78H,8-13,16-18,25-28,31-32,34-37H2,1-7H3,(H,67,79)(H,70,77)/t44?,45?,46-,47+,52?,53+,60+/m0/s1. The van der Waals surface area contributed by atoms with Crippen molar-refractivity contribution in [3.8, 4) is 23.0 Å². The predicted molar refractivity (Wildman–Crippen MR) is 318 cm³/mol. The molecule has 4 fully saturated rings. The quantitative estimate of drug-likeness (QED) is 0.0380. The minimum Gasteiger partial charge on any atom is -0.504 e. The number of fused-ring (bicyclic) bond motifs is 4. The van der Waals surface area contributed by atoms with Crippen molar-refractivity contribution in [2.24, 2.45) is 5.41 Å². The highest BCUT2D eigenvalue weighted by molar-refractivity contribution is 6.04. The lowest BCUT2D eigenvalue weighted by atomic mass is 9.85. The third-order valence-electron chi connectivity index (χ3n) is 17.5. The van der Waals surface area contributed by atoms with E-state index in [1.807, 2.05) is 39.1 Å². The fourth-order valence-electron chi connectivity index (χ4n) is 13.1. The fraction of sp³-hybridized carbons (Fsp3) is 0.523. The van der Waals surface area contributed by atoms with E-state index in [4.69, 9.17) is 19.7 Å². The molecule has 4 saturated heterocycles. The van der Waals surface area contributed by atoms with Crippen LogP contribution in [0.4, 0.5) is 5.82 Å². The molecule has 4 aliphatic heterocycles. The summed E-state index contributed by atoms with van der Waals surface area (Å²) in [7, 11) is 0. The number of nitrogens with zero attached hydrogens (tertiary/aromatic N) is 5. The van der Waals surface area contributed by atoms with Crippen LogP contribution < -0.4 is 30.9 Å². The number of hydrogen-bond acceptors (Lipinski definition) is 13. The number of nitrogens with one attached hydrogen (secondary N) is 4. The van der Waals surface area contributed by atoms with Crippen LogP contribution in [0.2, 0.25) is 0 Å². The monoisotopic (exact) mass is 1100 g/mol. The van der Waals surface area contributed by atoms with Crippen LogP contribution in [0.1, 0.15) is 146 Å². The van der Waals surface area contributed by atoms with Gasteiger partial charge in [0.05, 0.1) is 17.5 Å². The molecule has 2 aromatic heterocycles. The summed E-state index contributed by atoms with van der Waals surface area (Å²) in [6.07, 6.45) is 15.5. The van der Waals surface area contributed by atoms with Gasteiger partial charge in [-0.25, -0.2) is 0 Å². The minimum absolute atomic E-state index is 0.000101. The van der Waals surface area contributed by atoms with Crippen molar-refractivity contribution < 1.29 is 34.1 Å². The highest BCUT2D eigenvalue weighted by atomic mass is 16.5. The first kappa shape index (κ1) is 57.5. The molecule has 0 saturated carbocycles. The molecule has 2 bridgehead atoms. The molecule has 81 heavy (non-hydrogen) atoms. The van der Waals surface area contributed by atoms with Gasteiger partial charge in [-0.3, -0.25) is 24.2 Å². The first-order chi connectivity index (χ1) is 38.9. The van der Waals surface area contributed by atoms with Crippen LogP contribution in [0.3, 0.4) is 0 Å². The van der Waals surface area contributed by atoms with Crippen LogP contribution in [-0.2, 0) is 32.1 Å². The number of aliphatic hydroxyl groups is 1. The Balaban J connectivity index is 0.683. The number of unbranched alkanes of at least 4 members (excludes halogenated alkanes) is 4. The topological polar surface area (TPSA) is 211 Å². The lowest BCUT2D eigenvalue weighted by Gasteiger charge is -2.35. The van der Waals surface area contributed by atoms with Gasteiger partial charge in [-0.1, -0.05) is 102 Å². The number of β-amino-alcohol motifs (C(OH)–C–C–N with tert-alkyl or cyclic N) is 1. The number of aliphatic hydroxyl groups excluding tert-OH is 1. The molecule has 0 spiro atoms. The zero-order valence-electron chi connectivity index (χ0n) is 48.5. The number of likely N-dealkylation sites (tertiary alicyclic amines) is 1. The second kappa shape index (κ2) is 24.8. The number of carbonyl (C=O) groups excluding carboxylic acids is 4. The van der Waals surface area contributed by atoms with Gasteiger partial charge in [0, 0.05) is 75.3 Å². The summed E-state index contributed by atoms with van der Waals surface area (Å²) in [6.45, 7) is 16.3. The summed E-state index contributed by atoms with van der Waals surface area (Å²) in [5.41, 5.74) is 9.25. The molecule has 0 radical (unpaired) electrons. The van der Waals surface area contributed by atoms with E-state index in [0.29, 0.717) is 60.3 Å². The largest absolute Gasteiger partial charge is 0.504 e. The zero-order valence-corrected chi connectivity index (χ0v) is 48.5. The van der Waals surface area contributed by atoms with Crippen LogP contribution in [0.15, 0.2) is 72.5 Å². The first-order valence-corrected chi connectivity index (χ1v) is 29.8. The molecule has 3 unspecified atom stereocenters. The van der Waals surface area contributed by atoms with Gasteiger partial charge in [0.15, 0.2) is 5.75 Å². The molecule has 7 atom stereocenters. The number of hydrogen-bond donors (Lipinski definition) is 6. The number of anilines is 1. The molecule has 16 heteroatoms. The van der Waals surface area contributed by atoms with E-state index in [-0.39, 0.29) is 73.3 Å². The van der Waals surface area contributed by atoms with Gasteiger partial charge in [0.25, 0.3) is 0 Å². The van der Waals surface area contributed by atoms with Gasteiger partial charge < -0.3 is 46.0 Å². The number of amides is 3. The number of benzene rings is 3. The molecular formula is C65H83N9O7. The molecule has 6 N–H and O–H groups in total. The van der Waals surface area contributed by atoms with Crippen LogP contribution in [0.5, 0.6) is 11.8 Å². The highest BCUT2D eigenvalue weighted by Crippen LogP contribution is 2.42. The normalized spacial score (nSPS) is 22.1. The molecule has 1 aliphatic carbocycles. The third-order valence-corrected chi connectivity index (χ3v) is 17.5. The molecule has 430 valence electrons. The molecule has 6 heterocycles. The minimum atomic E-state index is -0.884. The van der Waals surface area contributed by atoms with Crippen molar-refractivity contribution in [1.82, 2.24) is 41.1 Å². The van der Waals surface area contributed by atoms with Gasteiger partial charge in [0.1, 0.15) is 41.5 Å². The lowest BCUT2D eigenvalue weighted by Crippen LogP contribution is -2.57. The van der Waals surface area contributed by atoms with Crippen molar-refractivity contribution in [3.63, 3.8) is 0 Å². The van der Waals surface area contributed by atoms with Crippen molar-refractivity contribution >= 4 is 56.6 Å². The Bertz CT molecular complexity index is 3230. The number of allylic oxidation sites excluding steroid dienone is 4. The van der Waals surface area contributed by atoms with Crippen LogP contribution in [0, 0.1) is 19.3 Å². The lowest BCUT2D eigenvalue weighted by molar-refractivity contribution is -0.144. The number of aromatic hydroxyl groups is 1. The van der Waals surface area contributed by atoms with Crippen LogP contribution in [0.25, 0.3) is 38.5 Å². The SMILES string of the molecule is CCc1c(C)ccc2cc(C)cc(-c3ncc4c(N5CC6CCC(C5)N6)nc(OC[C@@H]5CCC(C(=O)CCCCCCCC(=O)N[C@H](C(=O)N6C[C@H](O)C[C@@H]6C(=O)NCc6ccc(C7=C(C)C=CC7)cc6)C(C)(C)C)N5)nc4c3O)c12. The number of pyridine rings is 1. The fourth-order valence-corrected chi connectivity index (χ4v) is 13.1. The maximum Gasteiger partial charge on any atom is 0.319 e. The summed E-state index contributed by atoms with van der Waals surface area (Å²) in [4.78, 5) is 73.1. The van der Waals surface area contributed by atoms with Gasteiger partial charge in [-0.05, 0) is 133 Å². The Kier molecular flexibility index (Phi) is 17.6. The van der Waals surface area contributed by atoms with E-state index in [1.54, 1.807) is 0 Å². The van der Waals surface area contributed by atoms with E-state index in [0.717, 1.165) is 104 Å². The first-order valence-electron chi connectivity index (χ1n) is 29.8. The molecule has 5 aromatic rings. The summed E-state index contributed by atoms with van der Waals surface area (Å²) < 4.78 is 6.40. The third kappa shape index (κ3) is 13.0. The Hall–Kier alpha value is -6.75. The summed E-state index contributed by atoms with van der Waals surface area (Å²) in [6, 6.07) is 15.5. The maximum atomic E-state index is 14.1. The average molecular weight is 1100 g/mol. The second-order valence-electron chi connectivity index (χ2n) is 24.7. The van der Waals surface area contributed by atoms with E-state index < -0.39 is 23.6 Å². The number of piperazine rings is 1. The number of ketones is 1. The molecule has 3 amide bonds. The zero-order chi connectivity index (χ0) is 57.1. The molecule has 5 aliphatic rings. The summed E-state index contributed by atoms with van der Waals surface area (Å²) >= 11 is 0. The van der Waals surface area contributed by atoms with Gasteiger partial charge >= 0.3 is 6.01 Å². The Labute approximate surface area is 477 Å². The Morgan fingerprint density at radius 3 is 2.33 bits per heavy atom.